The van der Waals surface area contributed by atoms with Gasteiger partial charge in [0, 0.05) is 24.0 Å². The molecule has 0 saturated heterocycles. The summed E-state index contributed by atoms with van der Waals surface area (Å²) in [5.41, 5.74) is 0. The Balaban J connectivity index is 1.97. The van der Waals surface area contributed by atoms with Crippen LogP contribution < -0.4 is 0 Å². The van der Waals surface area contributed by atoms with Crippen LogP contribution in [-0.4, -0.2) is 51.4 Å². The monoisotopic (exact) mass is 368 g/mol. The molecule has 1 aliphatic carbocycles. The Hall–Kier alpha value is -1.06. The minimum atomic E-state index is -3.47. The predicted molar refractivity (Wildman–Crippen MR) is 98.5 cm³/mol. The molecule has 1 aliphatic rings. The third kappa shape index (κ3) is 4.97. The van der Waals surface area contributed by atoms with Gasteiger partial charge in [0.05, 0.1) is 11.4 Å². The Morgan fingerprint density at radius 1 is 1.08 bits per heavy atom. The molecule has 1 aromatic carbocycles. The number of hydrogen-bond donors (Lipinski definition) is 0. The molecule has 0 bridgehead atoms. The molecule has 0 atom stereocenters. The van der Waals surface area contributed by atoms with Gasteiger partial charge in [-0.2, -0.15) is 4.31 Å². The summed E-state index contributed by atoms with van der Waals surface area (Å²) in [5.74, 6) is 6.89. The Morgan fingerprint density at radius 2 is 1.67 bits per heavy atom. The molecule has 1 aromatic rings. The minimum absolute atomic E-state index is 0.0394. The van der Waals surface area contributed by atoms with Crippen molar-refractivity contribution >= 4 is 21.6 Å². The lowest BCUT2D eigenvalue weighted by atomic mass is 9.86. The van der Waals surface area contributed by atoms with E-state index in [1.54, 1.807) is 31.3 Å². The predicted octanol–water partition coefficient (Wildman–Crippen LogP) is 3.08. The summed E-state index contributed by atoms with van der Waals surface area (Å²) in [6, 6.07) is 6.38. The smallest absolute Gasteiger partial charge is 0.243 e. The SMILES string of the molecule is CN(C)CC#C[C@H]1CC[C@H](N(C)S(=O)(=O)c2ccc(Cl)cc2)CC1. The van der Waals surface area contributed by atoms with Crippen molar-refractivity contribution in [3.05, 3.63) is 29.3 Å². The van der Waals surface area contributed by atoms with Crippen LogP contribution in [-0.2, 0) is 10.0 Å². The van der Waals surface area contributed by atoms with Crippen LogP contribution in [0.3, 0.4) is 0 Å². The molecule has 0 N–H and O–H groups in total. The van der Waals surface area contributed by atoms with Crippen LogP contribution >= 0.6 is 11.6 Å². The maximum atomic E-state index is 12.7. The van der Waals surface area contributed by atoms with Crippen LogP contribution in [0.15, 0.2) is 29.2 Å². The molecule has 1 saturated carbocycles. The molecule has 0 aliphatic heterocycles. The van der Waals surface area contributed by atoms with Gasteiger partial charge in [-0.3, -0.25) is 4.90 Å². The summed E-state index contributed by atoms with van der Waals surface area (Å²) in [7, 11) is 2.21. The van der Waals surface area contributed by atoms with E-state index in [1.165, 1.54) is 4.31 Å². The molecule has 0 amide bonds. The van der Waals surface area contributed by atoms with E-state index in [0.717, 1.165) is 32.2 Å². The third-order valence-corrected chi connectivity index (χ3v) is 6.58. The van der Waals surface area contributed by atoms with Crippen molar-refractivity contribution < 1.29 is 8.42 Å². The van der Waals surface area contributed by atoms with Crippen molar-refractivity contribution in [2.45, 2.75) is 36.6 Å². The molecule has 6 heteroatoms. The molecule has 0 unspecified atom stereocenters. The van der Waals surface area contributed by atoms with Crippen LogP contribution in [0, 0.1) is 17.8 Å². The topological polar surface area (TPSA) is 40.6 Å². The Labute approximate surface area is 150 Å². The number of rotatable bonds is 4. The van der Waals surface area contributed by atoms with Gasteiger partial charge in [0.25, 0.3) is 0 Å². The van der Waals surface area contributed by atoms with Crippen molar-refractivity contribution in [2.24, 2.45) is 5.92 Å². The number of halogens is 1. The zero-order valence-corrected chi connectivity index (χ0v) is 16.1. The summed E-state index contributed by atoms with van der Waals surface area (Å²) < 4.78 is 27.0. The molecule has 0 aromatic heterocycles. The average Bonchev–Trinajstić information content (AvgIpc) is 2.55. The van der Waals surface area contributed by atoms with Gasteiger partial charge < -0.3 is 0 Å². The van der Waals surface area contributed by atoms with Gasteiger partial charge in [-0.25, -0.2) is 8.42 Å². The maximum absolute atomic E-state index is 12.7. The minimum Gasteiger partial charge on any atom is -0.299 e. The lowest BCUT2D eigenvalue weighted by molar-refractivity contribution is 0.262. The van der Waals surface area contributed by atoms with Crippen molar-refractivity contribution in [1.29, 1.82) is 0 Å². The molecular weight excluding hydrogens is 344 g/mol. The van der Waals surface area contributed by atoms with Crippen LogP contribution in [0.4, 0.5) is 0 Å². The van der Waals surface area contributed by atoms with E-state index >= 15 is 0 Å². The summed E-state index contributed by atoms with van der Waals surface area (Å²) in [6.07, 6.45) is 3.60. The van der Waals surface area contributed by atoms with Crippen molar-refractivity contribution in [2.75, 3.05) is 27.7 Å². The normalized spacial score (nSPS) is 21.6. The molecule has 0 radical (unpaired) electrons. The second-order valence-electron chi connectivity index (χ2n) is 6.54. The van der Waals surface area contributed by atoms with E-state index in [2.05, 4.69) is 11.8 Å². The van der Waals surface area contributed by atoms with Crippen molar-refractivity contribution in [3.8, 4) is 11.8 Å². The van der Waals surface area contributed by atoms with E-state index in [0.29, 0.717) is 15.8 Å². The van der Waals surface area contributed by atoms with Crippen molar-refractivity contribution in [3.63, 3.8) is 0 Å². The largest absolute Gasteiger partial charge is 0.299 e. The highest BCUT2D eigenvalue weighted by Crippen LogP contribution is 2.30. The van der Waals surface area contributed by atoms with Gasteiger partial charge in [-0.05, 0) is 64.0 Å². The highest BCUT2D eigenvalue weighted by Gasteiger charge is 2.31. The first-order valence-electron chi connectivity index (χ1n) is 8.17. The molecule has 0 spiro atoms. The van der Waals surface area contributed by atoms with Gasteiger partial charge in [0.15, 0.2) is 0 Å². The zero-order chi connectivity index (χ0) is 17.7. The van der Waals surface area contributed by atoms with E-state index in [-0.39, 0.29) is 6.04 Å². The Morgan fingerprint density at radius 3 is 2.21 bits per heavy atom. The molecular formula is C18H25ClN2O2S. The first-order chi connectivity index (χ1) is 11.3. The first-order valence-corrected chi connectivity index (χ1v) is 9.99. The molecule has 0 heterocycles. The molecule has 4 nitrogen and oxygen atoms in total. The standard InChI is InChI=1S/C18H25ClN2O2S/c1-20(2)14-4-5-15-6-10-17(11-7-15)21(3)24(22,23)18-12-8-16(19)9-13-18/h8-9,12-13,15,17H,6-7,10-11,14H2,1-3H3/t15-,17-. The first kappa shape index (κ1) is 19.3. The summed E-state index contributed by atoms with van der Waals surface area (Å²) in [5, 5.41) is 0.536. The lowest BCUT2D eigenvalue weighted by Crippen LogP contribution is -2.39. The van der Waals surface area contributed by atoms with Gasteiger partial charge in [0.2, 0.25) is 10.0 Å². The molecule has 132 valence electrons. The van der Waals surface area contributed by atoms with Crippen LogP contribution in [0.1, 0.15) is 25.7 Å². The second-order valence-corrected chi connectivity index (χ2v) is 8.97. The fourth-order valence-corrected chi connectivity index (χ4v) is 4.44. The van der Waals surface area contributed by atoms with Gasteiger partial charge in [-0.15, -0.1) is 0 Å². The number of hydrogen-bond acceptors (Lipinski definition) is 3. The lowest BCUT2D eigenvalue weighted by Gasteiger charge is -2.32. The van der Waals surface area contributed by atoms with E-state index in [9.17, 15) is 8.42 Å². The van der Waals surface area contributed by atoms with E-state index in [4.69, 9.17) is 11.6 Å². The average molecular weight is 369 g/mol. The Kier molecular flexibility index (Phi) is 6.70. The second kappa shape index (κ2) is 8.35. The highest BCUT2D eigenvalue weighted by atomic mass is 35.5. The van der Waals surface area contributed by atoms with Crippen LogP contribution in [0.5, 0.6) is 0 Å². The van der Waals surface area contributed by atoms with Gasteiger partial charge in [-0.1, -0.05) is 23.4 Å². The third-order valence-electron chi connectivity index (χ3n) is 4.40. The number of nitrogens with zero attached hydrogens (tertiary/aromatic N) is 2. The summed E-state index contributed by atoms with van der Waals surface area (Å²) in [6.45, 7) is 0.769. The van der Waals surface area contributed by atoms with Crippen LogP contribution in [0.2, 0.25) is 5.02 Å². The molecule has 1 fully saturated rings. The Bertz CT molecular complexity index is 697. The quantitative estimate of drug-likeness (QED) is 0.767. The molecule has 2 rings (SSSR count). The van der Waals surface area contributed by atoms with Crippen molar-refractivity contribution in [1.82, 2.24) is 9.21 Å². The molecule has 24 heavy (non-hydrogen) atoms. The fourth-order valence-electron chi connectivity index (χ4n) is 2.90. The summed E-state index contributed by atoms with van der Waals surface area (Å²) in [4.78, 5) is 2.34. The van der Waals surface area contributed by atoms with Gasteiger partial charge in [0.1, 0.15) is 0 Å². The number of benzene rings is 1. The highest BCUT2D eigenvalue weighted by molar-refractivity contribution is 7.89. The summed E-state index contributed by atoms with van der Waals surface area (Å²) >= 11 is 5.84. The van der Waals surface area contributed by atoms with E-state index in [1.807, 2.05) is 19.0 Å². The maximum Gasteiger partial charge on any atom is 0.243 e. The van der Waals surface area contributed by atoms with Gasteiger partial charge >= 0.3 is 0 Å². The number of sulfonamides is 1. The van der Waals surface area contributed by atoms with Crippen LogP contribution in [0.25, 0.3) is 0 Å². The van der Waals surface area contributed by atoms with E-state index < -0.39 is 10.0 Å². The fraction of sp³-hybridized carbons (Fsp3) is 0.556. The zero-order valence-electron chi connectivity index (χ0n) is 14.5.